The SMILES string of the molecule is CNCC(C)Oc1nn(C)c(=O)n(C)c1=O. The number of likely N-dealkylation sites (N-methyl/N-ethyl adjacent to an activating group) is 1. The molecule has 7 heteroatoms. The summed E-state index contributed by atoms with van der Waals surface area (Å²) in [5, 5.41) is 6.69. The van der Waals surface area contributed by atoms with Gasteiger partial charge < -0.3 is 10.1 Å². The Labute approximate surface area is 92.7 Å². The summed E-state index contributed by atoms with van der Waals surface area (Å²) in [6.07, 6.45) is -0.192. The Morgan fingerprint density at radius 2 is 2.06 bits per heavy atom. The van der Waals surface area contributed by atoms with Gasteiger partial charge in [0.05, 0.1) is 0 Å². The molecule has 0 aromatic carbocycles. The first-order valence-electron chi connectivity index (χ1n) is 4.93. The number of aryl methyl sites for hydroxylation is 1. The van der Waals surface area contributed by atoms with Crippen molar-refractivity contribution in [2.75, 3.05) is 13.6 Å². The molecule has 0 saturated carbocycles. The van der Waals surface area contributed by atoms with E-state index in [1.54, 1.807) is 7.05 Å². The summed E-state index contributed by atoms with van der Waals surface area (Å²) >= 11 is 0. The molecule has 1 atom stereocenters. The number of rotatable bonds is 4. The summed E-state index contributed by atoms with van der Waals surface area (Å²) in [6, 6.07) is 0. The lowest BCUT2D eigenvalue weighted by atomic mass is 10.4. The molecule has 0 spiro atoms. The molecule has 0 aliphatic rings. The molecule has 1 unspecified atom stereocenters. The lowest BCUT2D eigenvalue weighted by molar-refractivity contribution is 0.200. The standard InChI is InChI=1S/C9H16N4O3/c1-6(5-10-2)16-7-8(14)12(3)9(15)13(4)11-7/h6,10H,5H2,1-4H3. The Morgan fingerprint density at radius 3 is 2.62 bits per heavy atom. The quantitative estimate of drug-likeness (QED) is 0.676. The van der Waals surface area contributed by atoms with Crippen molar-refractivity contribution in [1.29, 1.82) is 0 Å². The van der Waals surface area contributed by atoms with E-state index in [9.17, 15) is 9.59 Å². The summed E-state index contributed by atoms with van der Waals surface area (Å²) in [4.78, 5) is 23.0. The highest BCUT2D eigenvalue weighted by molar-refractivity contribution is 5.02. The van der Waals surface area contributed by atoms with Crippen LogP contribution in [0.3, 0.4) is 0 Å². The number of aromatic nitrogens is 3. The van der Waals surface area contributed by atoms with Crippen molar-refractivity contribution in [2.45, 2.75) is 13.0 Å². The topological polar surface area (TPSA) is 78.2 Å². The third-order valence-electron chi connectivity index (χ3n) is 2.10. The van der Waals surface area contributed by atoms with Crippen LogP contribution in [0.1, 0.15) is 6.92 Å². The lowest BCUT2D eigenvalue weighted by Gasteiger charge is -2.13. The molecule has 1 rings (SSSR count). The van der Waals surface area contributed by atoms with Crippen LogP contribution < -0.4 is 21.3 Å². The molecule has 0 bridgehead atoms. The molecule has 0 radical (unpaired) electrons. The van der Waals surface area contributed by atoms with Crippen molar-refractivity contribution in [1.82, 2.24) is 19.7 Å². The van der Waals surface area contributed by atoms with Gasteiger partial charge in [-0.15, -0.1) is 5.10 Å². The van der Waals surface area contributed by atoms with Crippen molar-refractivity contribution < 1.29 is 4.74 Å². The highest BCUT2D eigenvalue weighted by atomic mass is 16.5. The fourth-order valence-electron chi connectivity index (χ4n) is 1.26. The maximum Gasteiger partial charge on any atom is 0.347 e. The molecular formula is C9H16N4O3. The zero-order valence-electron chi connectivity index (χ0n) is 9.85. The van der Waals surface area contributed by atoms with E-state index >= 15 is 0 Å². The number of nitrogens with zero attached hydrogens (tertiary/aromatic N) is 3. The molecule has 0 aliphatic carbocycles. The van der Waals surface area contributed by atoms with Gasteiger partial charge in [0.2, 0.25) is 0 Å². The maximum atomic E-state index is 11.6. The number of ether oxygens (including phenoxy) is 1. The first kappa shape index (κ1) is 12.4. The van der Waals surface area contributed by atoms with E-state index < -0.39 is 11.2 Å². The Balaban J connectivity index is 3.07. The van der Waals surface area contributed by atoms with Gasteiger partial charge in [0.15, 0.2) is 0 Å². The third-order valence-corrected chi connectivity index (χ3v) is 2.10. The smallest absolute Gasteiger partial charge is 0.347 e. The minimum absolute atomic E-state index is 0.0626. The summed E-state index contributed by atoms with van der Waals surface area (Å²) in [7, 11) is 4.64. The van der Waals surface area contributed by atoms with Crippen LogP contribution in [0, 0.1) is 0 Å². The minimum atomic E-state index is -0.522. The van der Waals surface area contributed by atoms with Gasteiger partial charge in [0, 0.05) is 20.6 Å². The average molecular weight is 228 g/mol. The van der Waals surface area contributed by atoms with Crippen molar-refractivity contribution in [3.05, 3.63) is 20.8 Å². The predicted molar refractivity (Wildman–Crippen MR) is 58.7 cm³/mol. The minimum Gasteiger partial charge on any atom is -0.468 e. The largest absolute Gasteiger partial charge is 0.468 e. The van der Waals surface area contributed by atoms with E-state index in [4.69, 9.17) is 4.74 Å². The van der Waals surface area contributed by atoms with E-state index in [2.05, 4.69) is 10.4 Å². The molecule has 1 aromatic rings. The van der Waals surface area contributed by atoms with Crippen LogP contribution in [0.4, 0.5) is 0 Å². The second-order valence-corrected chi connectivity index (χ2v) is 3.56. The van der Waals surface area contributed by atoms with Gasteiger partial charge in [0.25, 0.3) is 5.88 Å². The summed E-state index contributed by atoms with van der Waals surface area (Å²) in [5.74, 6) is -0.0626. The molecule has 1 heterocycles. The highest BCUT2D eigenvalue weighted by Gasteiger charge is 2.12. The molecule has 7 nitrogen and oxygen atoms in total. The fourth-order valence-corrected chi connectivity index (χ4v) is 1.26. The van der Waals surface area contributed by atoms with Crippen molar-refractivity contribution in [3.8, 4) is 5.88 Å². The summed E-state index contributed by atoms with van der Waals surface area (Å²) in [6.45, 7) is 2.40. The first-order chi connectivity index (χ1) is 7.47. The molecule has 0 fully saturated rings. The van der Waals surface area contributed by atoms with Crippen LogP contribution in [0.15, 0.2) is 9.59 Å². The number of hydrogen-bond acceptors (Lipinski definition) is 5. The van der Waals surface area contributed by atoms with Crippen LogP contribution in [0.2, 0.25) is 0 Å². The van der Waals surface area contributed by atoms with Crippen LogP contribution in [-0.4, -0.2) is 34.0 Å². The monoisotopic (exact) mass is 228 g/mol. The van der Waals surface area contributed by atoms with Crippen LogP contribution >= 0.6 is 0 Å². The molecule has 0 saturated heterocycles. The molecule has 0 aliphatic heterocycles. The van der Waals surface area contributed by atoms with E-state index in [0.717, 1.165) is 9.25 Å². The highest BCUT2D eigenvalue weighted by Crippen LogP contribution is 1.97. The predicted octanol–water partition coefficient (Wildman–Crippen LogP) is -1.53. The third kappa shape index (κ3) is 2.48. The maximum absolute atomic E-state index is 11.6. The van der Waals surface area contributed by atoms with Gasteiger partial charge in [-0.2, -0.15) is 0 Å². The van der Waals surface area contributed by atoms with Gasteiger partial charge in [-0.3, -0.25) is 9.36 Å². The van der Waals surface area contributed by atoms with Crippen LogP contribution in [0.25, 0.3) is 0 Å². The second kappa shape index (κ2) is 4.93. The van der Waals surface area contributed by atoms with Crippen molar-refractivity contribution in [3.63, 3.8) is 0 Å². The van der Waals surface area contributed by atoms with E-state index in [-0.39, 0.29) is 12.0 Å². The van der Waals surface area contributed by atoms with Gasteiger partial charge in [-0.25, -0.2) is 9.48 Å². The summed E-state index contributed by atoms with van der Waals surface area (Å²) < 4.78 is 7.37. The molecule has 1 N–H and O–H groups in total. The van der Waals surface area contributed by atoms with E-state index in [1.807, 2.05) is 6.92 Å². The van der Waals surface area contributed by atoms with Crippen LogP contribution in [0.5, 0.6) is 5.88 Å². The molecular weight excluding hydrogens is 212 g/mol. The zero-order valence-corrected chi connectivity index (χ0v) is 9.85. The molecule has 90 valence electrons. The van der Waals surface area contributed by atoms with Gasteiger partial charge in [0.1, 0.15) is 6.10 Å². The lowest BCUT2D eigenvalue weighted by Crippen LogP contribution is -2.40. The van der Waals surface area contributed by atoms with Crippen molar-refractivity contribution in [2.24, 2.45) is 14.1 Å². The van der Waals surface area contributed by atoms with E-state index in [1.165, 1.54) is 14.1 Å². The van der Waals surface area contributed by atoms with Gasteiger partial charge >= 0.3 is 11.2 Å². The number of nitrogens with one attached hydrogen (secondary N) is 1. The Bertz CT molecular complexity index is 477. The fraction of sp³-hybridized carbons (Fsp3) is 0.667. The first-order valence-corrected chi connectivity index (χ1v) is 4.93. The zero-order chi connectivity index (χ0) is 12.3. The average Bonchev–Trinajstić information content (AvgIpc) is 2.23. The normalized spacial score (nSPS) is 12.5. The summed E-state index contributed by atoms with van der Waals surface area (Å²) in [5.41, 5.74) is -0.996. The molecule has 16 heavy (non-hydrogen) atoms. The van der Waals surface area contributed by atoms with Crippen molar-refractivity contribution >= 4 is 0 Å². The second-order valence-electron chi connectivity index (χ2n) is 3.56. The van der Waals surface area contributed by atoms with Gasteiger partial charge in [-0.05, 0) is 14.0 Å². The number of hydrogen-bond donors (Lipinski definition) is 1. The Kier molecular flexibility index (Phi) is 3.83. The van der Waals surface area contributed by atoms with Gasteiger partial charge in [-0.1, -0.05) is 0 Å². The van der Waals surface area contributed by atoms with E-state index in [0.29, 0.717) is 6.54 Å². The molecule has 1 aromatic heterocycles. The van der Waals surface area contributed by atoms with Crippen LogP contribution in [-0.2, 0) is 14.1 Å². The Hall–Kier alpha value is -1.63. The Morgan fingerprint density at radius 1 is 1.44 bits per heavy atom. The molecule has 0 amide bonds.